The van der Waals surface area contributed by atoms with E-state index in [0.29, 0.717) is 0 Å². The minimum absolute atomic E-state index is 1.36. The van der Waals surface area contributed by atoms with Crippen LogP contribution in [0.1, 0.15) is 0 Å². The first kappa shape index (κ1) is 11.8. The van der Waals surface area contributed by atoms with Gasteiger partial charge >= 0.3 is 0 Å². The normalized spacial score (nSPS) is 12.7. The van der Waals surface area contributed by atoms with Crippen molar-refractivity contribution in [3.63, 3.8) is 0 Å². The van der Waals surface area contributed by atoms with Crippen LogP contribution < -0.4 is 37.9 Å². The third-order valence-electron chi connectivity index (χ3n) is 0.527. The summed E-state index contributed by atoms with van der Waals surface area (Å²) in [6.07, 6.45) is 0. The molecular weight excluding hydrogens is 205 g/mol. The molecule has 13 N–H and O–H groups in total. The topological polar surface area (TPSA) is 181 Å². The van der Waals surface area contributed by atoms with Crippen molar-refractivity contribution in [2.75, 3.05) is 0 Å². The highest BCUT2D eigenvalue weighted by Crippen LogP contribution is 2.39. The van der Waals surface area contributed by atoms with Crippen LogP contribution >= 0.6 is 24.3 Å². The standard InChI is InChI=1S/H13N8P3/c1-9(2)7-11(5,6)8-10(3)4/h7H,1-6H2. The van der Waals surface area contributed by atoms with Crippen molar-refractivity contribution in [1.29, 1.82) is 0 Å². The fraction of sp³-hybridized carbons (Fsp3) is 0. The lowest BCUT2D eigenvalue weighted by molar-refractivity contribution is 1.43. The van der Waals surface area contributed by atoms with Gasteiger partial charge in [0, 0.05) is 0 Å². The first-order chi connectivity index (χ1) is 4.83. The van der Waals surface area contributed by atoms with Crippen LogP contribution in [0.5, 0.6) is 0 Å². The molecule has 11 heteroatoms. The summed E-state index contributed by atoms with van der Waals surface area (Å²) >= 11 is 0. The van der Waals surface area contributed by atoms with Gasteiger partial charge in [0.2, 0.25) is 0 Å². The molecule has 0 aromatic heterocycles. The maximum absolute atomic E-state index is 5.44. The molecule has 0 aliphatic rings. The third kappa shape index (κ3) is 7.18. The Morgan fingerprint density at radius 3 is 1.82 bits per heavy atom. The van der Waals surface area contributed by atoms with Crippen LogP contribution in [0.15, 0.2) is 4.52 Å². The van der Waals surface area contributed by atoms with E-state index in [0.717, 1.165) is 0 Å². The first-order valence-corrected chi connectivity index (χ1v) is 7.19. The lowest BCUT2D eigenvalue weighted by atomic mass is 13.8. The second-order valence-electron chi connectivity index (χ2n) is 1.71. The molecule has 68 valence electrons. The molecule has 11 heavy (non-hydrogen) atoms. The zero-order valence-electron chi connectivity index (χ0n) is 5.75. The minimum atomic E-state index is -2.62. The molecule has 0 saturated heterocycles. The fourth-order valence-corrected chi connectivity index (χ4v) is 3.74. The van der Waals surface area contributed by atoms with Gasteiger partial charge in [-0.25, -0.2) is 9.37 Å². The van der Waals surface area contributed by atoms with Crippen molar-refractivity contribution in [2.45, 2.75) is 0 Å². The fourth-order valence-electron chi connectivity index (χ4n) is 0.376. The Labute approximate surface area is 67.5 Å². The number of nitrogens with two attached hydrogens (primary N) is 6. The van der Waals surface area contributed by atoms with E-state index in [-0.39, 0.29) is 0 Å². The summed E-state index contributed by atoms with van der Waals surface area (Å²) in [5, 5.41) is 0. The maximum atomic E-state index is 5.44. The lowest BCUT2D eigenvalue weighted by Crippen LogP contribution is -2.24. The monoisotopic (exact) mass is 218 g/mol. The molecule has 0 fully saturated rings. The van der Waals surface area contributed by atoms with Gasteiger partial charge < -0.3 is 0 Å². The van der Waals surface area contributed by atoms with Crippen LogP contribution in [0.4, 0.5) is 0 Å². The van der Waals surface area contributed by atoms with E-state index in [9.17, 15) is 0 Å². The van der Waals surface area contributed by atoms with Crippen molar-refractivity contribution in [3.8, 4) is 0 Å². The summed E-state index contributed by atoms with van der Waals surface area (Å²) in [4.78, 5) is 2.53. The lowest BCUT2D eigenvalue weighted by Gasteiger charge is -2.17. The van der Waals surface area contributed by atoms with E-state index in [1.165, 1.54) is 0 Å². The van der Waals surface area contributed by atoms with Crippen LogP contribution in [0.25, 0.3) is 0 Å². The van der Waals surface area contributed by atoms with Crippen molar-refractivity contribution in [2.24, 2.45) is 37.5 Å². The van der Waals surface area contributed by atoms with Crippen LogP contribution in [-0.4, -0.2) is 0 Å². The quantitative estimate of drug-likeness (QED) is 0.288. The summed E-state index contributed by atoms with van der Waals surface area (Å²) in [7, 11) is -5.44. The smallest absolute Gasteiger partial charge is 0.166 e. The molecule has 0 amide bonds. The Hall–Kier alpha value is 0.810. The number of rotatable bonds is 3. The van der Waals surface area contributed by atoms with E-state index in [1.807, 2.05) is 0 Å². The zero-order chi connectivity index (χ0) is 9.07. The Morgan fingerprint density at radius 2 is 1.55 bits per heavy atom. The Bertz CT molecular complexity index is 153. The molecule has 0 atom stereocenters. The van der Waals surface area contributed by atoms with Gasteiger partial charge in [0.1, 0.15) is 8.37 Å². The molecule has 0 aromatic rings. The van der Waals surface area contributed by atoms with Crippen molar-refractivity contribution < 1.29 is 0 Å². The summed E-state index contributed by atoms with van der Waals surface area (Å²) in [5.41, 5.74) is 31.7. The first-order valence-electron chi connectivity index (χ1n) is 2.40. The number of nitrogens with one attached hydrogen (secondary N) is 1. The molecule has 0 saturated carbocycles. The molecule has 0 spiro atoms. The predicted octanol–water partition coefficient (Wildman–Crippen LogP) is -1.27. The molecule has 0 aliphatic carbocycles. The Morgan fingerprint density at radius 1 is 1.09 bits per heavy atom. The maximum Gasteiger partial charge on any atom is 0.166 e. The van der Waals surface area contributed by atoms with Gasteiger partial charge in [-0.2, -0.15) is 0 Å². The zero-order valence-corrected chi connectivity index (χ0v) is 8.44. The Kier molecular flexibility index (Phi) is 5.09. The largest absolute Gasteiger partial charge is 0.285 e. The summed E-state index contributed by atoms with van der Waals surface area (Å²) in [5.74, 6) is 0. The van der Waals surface area contributed by atoms with E-state index in [4.69, 9.17) is 33.0 Å². The van der Waals surface area contributed by atoms with Gasteiger partial charge in [-0.15, -0.1) is 0 Å². The van der Waals surface area contributed by atoms with Crippen LogP contribution in [0.2, 0.25) is 0 Å². The van der Waals surface area contributed by atoms with Crippen LogP contribution in [0, 0.1) is 0 Å². The van der Waals surface area contributed by atoms with E-state index >= 15 is 0 Å². The molecule has 0 aliphatic heterocycles. The second kappa shape index (κ2) is 4.74. The number of hydrogen-bond acceptors (Lipinski definition) is 5. The van der Waals surface area contributed by atoms with Gasteiger partial charge in [0.25, 0.3) is 0 Å². The SMILES string of the molecule is NP(N)N=P(N)(N)NP(N)N. The minimum Gasteiger partial charge on any atom is -0.285 e. The molecule has 0 unspecified atom stereocenters. The molecule has 0 aromatic carbocycles. The summed E-state index contributed by atoms with van der Waals surface area (Å²) in [6.45, 7) is 0. The highest BCUT2D eigenvalue weighted by molar-refractivity contribution is 7.75. The number of hydrogen-bond donors (Lipinski definition) is 7. The van der Waals surface area contributed by atoms with E-state index in [1.54, 1.807) is 0 Å². The van der Waals surface area contributed by atoms with Gasteiger partial charge in [0.05, 0.1) is 0 Å². The molecule has 0 heterocycles. The van der Waals surface area contributed by atoms with Gasteiger partial charge in [-0.05, 0) is 0 Å². The van der Waals surface area contributed by atoms with Crippen LogP contribution in [-0.2, 0) is 0 Å². The van der Waals surface area contributed by atoms with Crippen molar-refractivity contribution in [3.05, 3.63) is 0 Å². The molecule has 0 bridgehead atoms. The van der Waals surface area contributed by atoms with Gasteiger partial charge in [0.15, 0.2) is 15.9 Å². The molecule has 0 rings (SSSR count). The Balaban J connectivity index is 4.20. The predicted molar refractivity (Wildman–Crippen MR) is 51.4 cm³/mol. The van der Waals surface area contributed by atoms with E-state index in [2.05, 4.69) is 9.37 Å². The second-order valence-corrected chi connectivity index (χ2v) is 6.28. The van der Waals surface area contributed by atoms with Crippen molar-refractivity contribution in [1.82, 2.24) is 4.86 Å². The molecular formula is H13N8P3. The molecule has 0 radical (unpaired) electrons. The van der Waals surface area contributed by atoms with E-state index < -0.39 is 24.3 Å². The van der Waals surface area contributed by atoms with Gasteiger partial charge in [-0.3, -0.25) is 33.0 Å². The average molecular weight is 218 g/mol. The summed E-state index contributed by atoms with van der Waals surface area (Å²) in [6, 6.07) is 0. The molecule has 8 nitrogen and oxygen atoms in total. The summed E-state index contributed by atoms with van der Waals surface area (Å²) < 4.78 is 3.68. The average Bonchev–Trinajstić information content (AvgIpc) is 1.53. The van der Waals surface area contributed by atoms with Crippen LogP contribution in [0.3, 0.4) is 0 Å². The van der Waals surface area contributed by atoms with Crippen molar-refractivity contribution >= 4 is 24.3 Å². The van der Waals surface area contributed by atoms with Gasteiger partial charge in [-0.1, -0.05) is 0 Å². The third-order valence-corrected chi connectivity index (χ3v) is 4.74. The number of nitrogens with zero attached hydrogens (tertiary/aromatic N) is 1. The highest BCUT2D eigenvalue weighted by Gasteiger charge is 2.09. The highest BCUT2D eigenvalue weighted by atomic mass is 31.2.